The monoisotopic (exact) mass is 295 g/mol. The van der Waals surface area contributed by atoms with Gasteiger partial charge in [0.25, 0.3) is 0 Å². The Morgan fingerprint density at radius 2 is 1.76 bits per heavy atom. The summed E-state index contributed by atoms with van der Waals surface area (Å²) in [5.74, 6) is -2.68. The lowest BCUT2D eigenvalue weighted by Crippen LogP contribution is -2.49. The number of benzene rings is 1. The number of hydrogen-bond donors (Lipinski definition) is 3. The molecule has 114 valence electrons. The molecule has 0 heterocycles. The summed E-state index contributed by atoms with van der Waals surface area (Å²) in [5.41, 5.74) is 4.51. The number of carbonyl (C=O) groups excluding carboxylic acids is 3. The molecule has 0 saturated carbocycles. The highest BCUT2D eigenvalue weighted by Gasteiger charge is 2.15. The van der Waals surface area contributed by atoms with E-state index in [0.717, 1.165) is 0 Å². The van der Waals surface area contributed by atoms with E-state index in [4.69, 9.17) is 0 Å². The third kappa shape index (κ3) is 6.03. The molecule has 21 heavy (non-hydrogen) atoms. The van der Waals surface area contributed by atoms with Crippen LogP contribution in [0.1, 0.15) is 25.8 Å². The molecule has 0 radical (unpaired) electrons. The van der Waals surface area contributed by atoms with Gasteiger partial charge in [-0.25, -0.2) is 4.39 Å². The highest BCUT2D eigenvalue weighted by atomic mass is 19.1. The van der Waals surface area contributed by atoms with Gasteiger partial charge in [-0.05, 0) is 31.9 Å². The Hall–Kier alpha value is -2.44. The van der Waals surface area contributed by atoms with Crippen LogP contribution in [0.4, 0.5) is 4.39 Å². The highest BCUT2D eigenvalue weighted by Crippen LogP contribution is 2.08. The molecule has 0 unspecified atom stereocenters. The summed E-state index contributed by atoms with van der Waals surface area (Å²) >= 11 is 0. The van der Waals surface area contributed by atoms with Crippen molar-refractivity contribution in [2.75, 3.05) is 0 Å². The second-order valence-corrected chi connectivity index (χ2v) is 4.72. The Morgan fingerprint density at radius 1 is 1.10 bits per heavy atom. The molecular formula is C14H18FN3O3. The van der Waals surface area contributed by atoms with Crippen LogP contribution in [0.3, 0.4) is 0 Å². The predicted octanol–water partition coefficient (Wildman–Crippen LogP) is 0.430. The van der Waals surface area contributed by atoms with Gasteiger partial charge in [0.2, 0.25) is 5.91 Å². The van der Waals surface area contributed by atoms with Crippen LogP contribution in [0, 0.1) is 5.82 Å². The first-order valence-electron chi connectivity index (χ1n) is 6.53. The number of rotatable bonds is 4. The molecule has 0 saturated heterocycles. The molecule has 0 fully saturated rings. The van der Waals surface area contributed by atoms with Gasteiger partial charge in [-0.2, -0.15) is 0 Å². The normalized spacial score (nSPS) is 10.1. The molecule has 0 spiro atoms. The van der Waals surface area contributed by atoms with Crippen LogP contribution in [0.15, 0.2) is 24.3 Å². The Balaban J connectivity index is 2.33. The van der Waals surface area contributed by atoms with E-state index in [1.165, 1.54) is 6.07 Å². The van der Waals surface area contributed by atoms with Crippen LogP contribution < -0.4 is 16.2 Å². The minimum Gasteiger partial charge on any atom is -0.346 e. The number of nitrogens with one attached hydrogen (secondary N) is 3. The average Bonchev–Trinajstić information content (AvgIpc) is 2.43. The van der Waals surface area contributed by atoms with Crippen LogP contribution in [0.2, 0.25) is 0 Å². The minimum absolute atomic E-state index is 0.00693. The molecule has 7 heteroatoms. The summed E-state index contributed by atoms with van der Waals surface area (Å²) in [6, 6.07) is 5.95. The maximum absolute atomic E-state index is 13.3. The third-order valence-corrected chi connectivity index (χ3v) is 2.52. The Labute approximate surface area is 122 Å². The van der Waals surface area contributed by atoms with Crippen molar-refractivity contribution >= 4 is 17.7 Å². The van der Waals surface area contributed by atoms with Gasteiger partial charge in [-0.3, -0.25) is 25.2 Å². The van der Waals surface area contributed by atoms with Crippen molar-refractivity contribution in [2.45, 2.75) is 32.7 Å². The van der Waals surface area contributed by atoms with Gasteiger partial charge in [0, 0.05) is 12.5 Å². The summed E-state index contributed by atoms with van der Waals surface area (Å²) in [5, 5.41) is 2.38. The molecule has 0 aliphatic carbocycles. The Kier molecular flexibility index (Phi) is 6.32. The fourth-order valence-electron chi connectivity index (χ4n) is 1.52. The fourth-order valence-corrected chi connectivity index (χ4v) is 1.52. The van der Waals surface area contributed by atoms with Gasteiger partial charge in [-0.1, -0.05) is 18.2 Å². The summed E-state index contributed by atoms with van der Waals surface area (Å²) in [7, 11) is 0. The van der Waals surface area contributed by atoms with Crippen LogP contribution in [-0.2, 0) is 20.8 Å². The number of halogens is 1. The van der Waals surface area contributed by atoms with E-state index < -0.39 is 17.7 Å². The number of carbonyl (C=O) groups is 3. The maximum atomic E-state index is 13.3. The van der Waals surface area contributed by atoms with E-state index in [-0.39, 0.29) is 24.7 Å². The number of amides is 3. The highest BCUT2D eigenvalue weighted by molar-refractivity contribution is 6.35. The van der Waals surface area contributed by atoms with Crippen molar-refractivity contribution in [2.24, 2.45) is 0 Å². The Morgan fingerprint density at radius 3 is 2.38 bits per heavy atom. The summed E-state index contributed by atoms with van der Waals surface area (Å²) in [6.45, 7) is 3.41. The lowest BCUT2D eigenvalue weighted by molar-refractivity contribution is -0.141. The van der Waals surface area contributed by atoms with E-state index in [0.29, 0.717) is 5.56 Å². The lowest BCUT2D eigenvalue weighted by atomic mass is 10.1. The first-order valence-corrected chi connectivity index (χ1v) is 6.53. The van der Waals surface area contributed by atoms with Crippen molar-refractivity contribution in [3.8, 4) is 0 Å². The molecule has 0 bridgehead atoms. The van der Waals surface area contributed by atoms with E-state index in [2.05, 4.69) is 10.7 Å². The maximum Gasteiger partial charge on any atom is 0.327 e. The van der Waals surface area contributed by atoms with E-state index in [1.54, 1.807) is 32.0 Å². The third-order valence-electron chi connectivity index (χ3n) is 2.52. The van der Waals surface area contributed by atoms with E-state index in [9.17, 15) is 18.8 Å². The zero-order valence-electron chi connectivity index (χ0n) is 11.9. The molecule has 0 aliphatic heterocycles. The molecule has 1 aromatic carbocycles. The molecule has 3 amide bonds. The Bertz CT molecular complexity index is 532. The topological polar surface area (TPSA) is 87.3 Å². The smallest absolute Gasteiger partial charge is 0.327 e. The SMILES string of the molecule is CC(C)NC(=O)C(=O)NNC(=O)CCc1ccccc1F. The molecule has 3 N–H and O–H groups in total. The number of hydrogen-bond acceptors (Lipinski definition) is 3. The van der Waals surface area contributed by atoms with Crippen molar-refractivity contribution < 1.29 is 18.8 Å². The largest absolute Gasteiger partial charge is 0.346 e. The first-order chi connectivity index (χ1) is 9.90. The second kappa shape index (κ2) is 7.98. The summed E-state index contributed by atoms with van der Waals surface area (Å²) in [4.78, 5) is 34.1. The van der Waals surface area contributed by atoms with Crippen LogP contribution in [-0.4, -0.2) is 23.8 Å². The van der Waals surface area contributed by atoms with Gasteiger partial charge in [0.1, 0.15) is 5.82 Å². The van der Waals surface area contributed by atoms with Crippen LogP contribution in [0.5, 0.6) is 0 Å². The molecule has 0 aliphatic rings. The molecule has 1 aromatic rings. The van der Waals surface area contributed by atoms with E-state index in [1.807, 2.05) is 5.43 Å². The van der Waals surface area contributed by atoms with Gasteiger partial charge in [-0.15, -0.1) is 0 Å². The van der Waals surface area contributed by atoms with Gasteiger partial charge in [0.15, 0.2) is 0 Å². The van der Waals surface area contributed by atoms with Gasteiger partial charge in [0.05, 0.1) is 0 Å². The quantitative estimate of drug-likeness (QED) is 0.556. The predicted molar refractivity (Wildman–Crippen MR) is 74.3 cm³/mol. The molecule has 6 nitrogen and oxygen atoms in total. The standard InChI is InChI=1S/C14H18FN3O3/c1-9(2)16-13(20)14(21)18-17-12(19)8-7-10-5-3-4-6-11(10)15/h3-6,9H,7-8H2,1-2H3,(H,16,20)(H,17,19)(H,18,21). The second-order valence-electron chi connectivity index (χ2n) is 4.72. The van der Waals surface area contributed by atoms with Crippen molar-refractivity contribution in [3.05, 3.63) is 35.6 Å². The van der Waals surface area contributed by atoms with E-state index >= 15 is 0 Å². The minimum atomic E-state index is -0.956. The zero-order chi connectivity index (χ0) is 15.8. The zero-order valence-corrected chi connectivity index (χ0v) is 11.9. The molecular weight excluding hydrogens is 277 g/mol. The van der Waals surface area contributed by atoms with Gasteiger partial charge >= 0.3 is 11.8 Å². The summed E-state index contributed by atoms with van der Waals surface area (Å²) in [6.07, 6.45) is 0.194. The van der Waals surface area contributed by atoms with Crippen molar-refractivity contribution in [3.63, 3.8) is 0 Å². The summed E-state index contributed by atoms with van der Waals surface area (Å²) < 4.78 is 13.3. The van der Waals surface area contributed by atoms with Gasteiger partial charge < -0.3 is 5.32 Å². The fraction of sp³-hybridized carbons (Fsp3) is 0.357. The van der Waals surface area contributed by atoms with Crippen LogP contribution in [0.25, 0.3) is 0 Å². The number of aryl methyl sites for hydroxylation is 1. The lowest BCUT2D eigenvalue weighted by Gasteiger charge is -2.09. The number of hydrazine groups is 1. The van der Waals surface area contributed by atoms with Crippen LogP contribution >= 0.6 is 0 Å². The molecule has 0 atom stereocenters. The molecule has 1 rings (SSSR count). The molecule has 0 aromatic heterocycles. The van der Waals surface area contributed by atoms with Crippen molar-refractivity contribution in [1.29, 1.82) is 0 Å². The van der Waals surface area contributed by atoms with Crippen molar-refractivity contribution in [1.82, 2.24) is 16.2 Å². The average molecular weight is 295 g/mol. The first kappa shape index (κ1) is 16.6.